The smallest absolute Gasteiger partial charge is 0.0991 e. The first-order chi connectivity index (χ1) is 10.3. The zero-order chi connectivity index (χ0) is 14.9. The molecule has 0 spiro atoms. The molecule has 0 aliphatic heterocycles. The van der Waals surface area contributed by atoms with Crippen molar-refractivity contribution in [3.8, 4) is 0 Å². The van der Waals surface area contributed by atoms with Gasteiger partial charge in [0.05, 0.1) is 10.9 Å². The Morgan fingerprint density at radius 3 is 2.14 bits per heavy atom. The fourth-order valence-corrected chi connectivity index (χ4v) is 3.71. The van der Waals surface area contributed by atoms with E-state index < -0.39 is 0 Å². The van der Waals surface area contributed by atoms with Gasteiger partial charge >= 0.3 is 0 Å². The summed E-state index contributed by atoms with van der Waals surface area (Å²) in [5.74, 6) is 0. The van der Waals surface area contributed by atoms with Crippen LogP contribution in [0.2, 0.25) is 0 Å². The maximum absolute atomic E-state index is 3.69. The van der Waals surface area contributed by atoms with Gasteiger partial charge in [-0.25, -0.2) is 0 Å². The molecule has 0 saturated carbocycles. The van der Waals surface area contributed by atoms with Gasteiger partial charge in [0.1, 0.15) is 5.41 Å². The van der Waals surface area contributed by atoms with E-state index in [9.17, 15) is 0 Å². The quantitative estimate of drug-likeness (QED) is 0.484. The SMILES string of the molecule is C=C/C=C\C=C\[S+](c1ccccc1)c1ccc(CC)cc1. The van der Waals surface area contributed by atoms with Gasteiger partial charge in [-0.1, -0.05) is 62.1 Å². The number of allylic oxidation sites excluding steroid dienone is 4. The average molecular weight is 293 g/mol. The summed E-state index contributed by atoms with van der Waals surface area (Å²) in [6.45, 7) is 5.88. The van der Waals surface area contributed by atoms with E-state index in [0.717, 1.165) is 6.42 Å². The van der Waals surface area contributed by atoms with Crippen LogP contribution in [0.15, 0.2) is 101 Å². The van der Waals surface area contributed by atoms with Crippen LogP contribution in [-0.2, 0) is 17.3 Å². The third-order valence-corrected chi connectivity index (χ3v) is 5.14. The fraction of sp³-hybridized carbons (Fsp3) is 0.100. The predicted molar refractivity (Wildman–Crippen MR) is 94.6 cm³/mol. The van der Waals surface area contributed by atoms with E-state index in [0.29, 0.717) is 0 Å². The van der Waals surface area contributed by atoms with Gasteiger partial charge in [0.15, 0.2) is 9.79 Å². The Hall–Kier alpha value is -1.99. The van der Waals surface area contributed by atoms with Crippen LogP contribution in [0.25, 0.3) is 0 Å². The van der Waals surface area contributed by atoms with Crippen molar-refractivity contribution in [3.63, 3.8) is 0 Å². The largest absolute Gasteiger partial charge is 0.165 e. The van der Waals surface area contributed by atoms with Crippen molar-refractivity contribution in [1.29, 1.82) is 0 Å². The molecule has 0 aromatic heterocycles. The summed E-state index contributed by atoms with van der Waals surface area (Å²) in [5.41, 5.74) is 1.38. The van der Waals surface area contributed by atoms with Crippen molar-refractivity contribution in [2.45, 2.75) is 23.1 Å². The van der Waals surface area contributed by atoms with Crippen molar-refractivity contribution >= 4 is 10.9 Å². The molecule has 0 aliphatic carbocycles. The zero-order valence-electron chi connectivity index (χ0n) is 12.4. The van der Waals surface area contributed by atoms with Crippen molar-refractivity contribution in [3.05, 3.63) is 96.5 Å². The van der Waals surface area contributed by atoms with Crippen LogP contribution in [-0.4, -0.2) is 0 Å². The lowest BCUT2D eigenvalue weighted by Gasteiger charge is -2.04. The third-order valence-electron chi connectivity index (χ3n) is 3.16. The summed E-state index contributed by atoms with van der Waals surface area (Å²) >= 11 is 0. The molecule has 0 N–H and O–H groups in total. The minimum Gasteiger partial charge on any atom is -0.0991 e. The van der Waals surface area contributed by atoms with E-state index in [-0.39, 0.29) is 10.9 Å². The van der Waals surface area contributed by atoms with E-state index in [1.807, 2.05) is 12.2 Å². The highest BCUT2D eigenvalue weighted by Crippen LogP contribution is 2.25. The second-order valence-electron chi connectivity index (χ2n) is 4.60. The molecule has 0 radical (unpaired) electrons. The molecule has 1 unspecified atom stereocenters. The standard InChI is InChI=1S/C20H21S/c1-3-5-6-10-17-21(19-11-8-7-9-12-19)20-15-13-18(4-2)14-16-20/h3,5-17H,1,4H2,2H3/q+1/b6-5-,17-10+. The Bertz CT molecular complexity index is 606. The summed E-state index contributed by atoms with van der Waals surface area (Å²) in [6, 6.07) is 19.6. The zero-order valence-corrected chi connectivity index (χ0v) is 13.2. The number of rotatable bonds is 6. The molecule has 0 saturated heterocycles. The lowest BCUT2D eigenvalue weighted by molar-refractivity contribution is 1.13. The molecule has 0 nitrogen and oxygen atoms in total. The molecule has 106 valence electrons. The van der Waals surface area contributed by atoms with Gasteiger partial charge in [-0.2, -0.15) is 0 Å². The molecular formula is C20H21S+. The molecule has 2 aromatic carbocycles. The van der Waals surface area contributed by atoms with Crippen LogP contribution in [0.3, 0.4) is 0 Å². The number of aryl methyl sites for hydroxylation is 1. The molecule has 1 atom stereocenters. The van der Waals surface area contributed by atoms with Crippen LogP contribution >= 0.6 is 0 Å². The molecule has 21 heavy (non-hydrogen) atoms. The molecule has 0 fully saturated rings. The Morgan fingerprint density at radius 1 is 0.857 bits per heavy atom. The summed E-state index contributed by atoms with van der Waals surface area (Å²) in [7, 11) is -0.0311. The van der Waals surface area contributed by atoms with Crippen LogP contribution in [0.4, 0.5) is 0 Å². The third kappa shape index (κ3) is 4.51. The lowest BCUT2D eigenvalue weighted by Crippen LogP contribution is -1.99. The van der Waals surface area contributed by atoms with Gasteiger partial charge in [0, 0.05) is 0 Å². The van der Waals surface area contributed by atoms with Gasteiger partial charge in [0.2, 0.25) is 0 Å². The highest BCUT2D eigenvalue weighted by Gasteiger charge is 2.21. The van der Waals surface area contributed by atoms with Gasteiger partial charge in [-0.05, 0) is 42.3 Å². The van der Waals surface area contributed by atoms with Crippen molar-refractivity contribution in [2.24, 2.45) is 0 Å². The highest BCUT2D eigenvalue weighted by atomic mass is 32.2. The van der Waals surface area contributed by atoms with Crippen molar-refractivity contribution in [1.82, 2.24) is 0 Å². The molecule has 0 aliphatic rings. The molecule has 2 rings (SSSR count). The van der Waals surface area contributed by atoms with Crippen molar-refractivity contribution in [2.75, 3.05) is 0 Å². The first kappa shape index (κ1) is 15.4. The van der Waals surface area contributed by atoms with Crippen LogP contribution < -0.4 is 0 Å². The molecule has 0 amide bonds. The topological polar surface area (TPSA) is 0 Å². The monoisotopic (exact) mass is 293 g/mol. The Balaban J connectivity index is 2.32. The van der Waals surface area contributed by atoms with E-state index in [4.69, 9.17) is 0 Å². The first-order valence-corrected chi connectivity index (χ1v) is 8.47. The molecule has 2 aromatic rings. The van der Waals surface area contributed by atoms with Crippen LogP contribution in [0.1, 0.15) is 12.5 Å². The van der Waals surface area contributed by atoms with Crippen molar-refractivity contribution < 1.29 is 0 Å². The lowest BCUT2D eigenvalue weighted by atomic mass is 10.2. The second kappa shape index (κ2) is 8.33. The van der Waals surface area contributed by atoms with Gasteiger partial charge in [-0.15, -0.1) is 0 Å². The number of hydrogen-bond acceptors (Lipinski definition) is 0. The summed E-state index contributed by atoms with van der Waals surface area (Å²) < 4.78 is 0. The second-order valence-corrected chi connectivity index (χ2v) is 6.49. The van der Waals surface area contributed by atoms with Gasteiger partial charge < -0.3 is 0 Å². The van der Waals surface area contributed by atoms with Crippen LogP contribution in [0.5, 0.6) is 0 Å². The number of benzene rings is 2. The van der Waals surface area contributed by atoms with Crippen LogP contribution in [0, 0.1) is 0 Å². The summed E-state index contributed by atoms with van der Waals surface area (Å²) in [4.78, 5) is 2.69. The van der Waals surface area contributed by atoms with E-state index in [2.05, 4.69) is 79.6 Å². The highest BCUT2D eigenvalue weighted by molar-refractivity contribution is 7.99. The Labute approximate surface area is 130 Å². The molecule has 0 heterocycles. The maximum Gasteiger partial charge on any atom is 0.165 e. The van der Waals surface area contributed by atoms with E-state index in [1.54, 1.807) is 6.08 Å². The Morgan fingerprint density at radius 2 is 1.52 bits per heavy atom. The molecule has 0 bridgehead atoms. The van der Waals surface area contributed by atoms with E-state index >= 15 is 0 Å². The average Bonchev–Trinajstić information content (AvgIpc) is 2.56. The number of hydrogen-bond donors (Lipinski definition) is 0. The Kier molecular flexibility index (Phi) is 6.11. The fourth-order valence-electron chi connectivity index (χ4n) is 2.00. The molecular weight excluding hydrogens is 272 g/mol. The first-order valence-electron chi connectivity index (χ1n) is 7.18. The minimum absolute atomic E-state index is 0.0311. The predicted octanol–water partition coefficient (Wildman–Crippen LogP) is 5.54. The molecule has 1 heteroatoms. The van der Waals surface area contributed by atoms with E-state index in [1.165, 1.54) is 15.4 Å². The van der Waals surface area contributed by atoms with Gasteiger partial charge in [0.25, 0.3) is 0 Å². The summed E-state index contributed by atoms with van der Waals surface area (Å²) in [6.07, 6.45) is 8.95. The minimum atomic E-state index is -0.0311. The normalized spacial score (nSPS) is 12.8. The maximum atomic E-state index is 3.69. The summed E-state index contributed by atoms with van der Waals surface area (Å²) in [5, 5.41) is 2.26. The van der Waals surface area contributed by atoms with Gasteiger partial charge in [-0.3, -0.25) is 0 Å².